The first-order valence-corrected chi connectivity index (χ1v) is 5.24. The van der Waals surface area contributed by atoms with E-state index in [-0.39, 0.29) is 6.04 Å². The van der Waals surface area contributed by atoms with Gasteiger partial charge in [0.2, 0.25) is 0 Å². The van der Waals surface area contributed by atoms with Crippen molar-refractivity contribution in [2.75, 3.05) is 13.1 Å². The van der Waals surface area contributed by atoms with E-state index in [2.05, 4.69) is 18.4 Å². The van der Waals surface area contributed by atoms with E-state index >= 15 is 0 Å². The molecule has 0 aromatic heterocycles. The van der Waals surface area contributed by atoms with E-state index in [0.29, 0.717) is 5.57 Å². The molecule has 1 unspecified atom stereocenters. The van der Waals surface area contributed by atoms with Crippen LogP contribution in [0.3, 0.4) is 0 Å². The Kier molecular flexibility index (Phi) is 6.21. The molecule has 0 saturated heterocycles. The summed E-state index contributed by atoms with van der Waals surface area (Å²) in [6.07, 6.45) is 1.85. The molecule has 0 heterocycles. The minimum Gasteiger partial charge on any atom is -0.478 e. The predicted octanol–water partition coefficient (Wildman–Crippen LogP) is 2.14. The quantitative estimate of drug-likeness (QED) is 0.639. The molecule has 0 spiro atoms. The molecule has 0 rings (SSSR count). The van der Waals surface area contributed by atoms with Gasteiger partial charge in [-0.25, -0.2) is 4.79 Å². The van der Waals surface area contributed by atoms with Gasteiger partial charge in [0, 0.05) is 11.6 Å². The lowest BCUT2D eigenvalue weighted by Crippen LogP contribution is -2.38. The number of carboxylic acids is 1. The summed E-state index contributed by atoms with van der Waals surface area (Å²) in [5, 5.41) is 8.89. The third-order valence-corrected chi connectivity index (χ3v) is 2.49. The van der Waals surface area contributed by atoms with Gasteiger partial charge in [-0.2, -0.15) is 0 Å². The molecule has 14 heavy (non-hydrogen) atoms. The Morgan fingerprint density at radius 1 is 1.36 bits per heavy atom. The average Bonchev–Trinajstić information content (AvgIpc) is 2.17. The Morgan fingerprint density at radius 2 is 1.86 bits per heavy atom. The first-order chi connectivity index (χ1) is 6.58. The van der Waals surface area contributed by atoms with E-state index in [0.717, 1.165) is 25.9 Å². The second kappa shape index (κ2) is 6.60. The van der Waals surface area contributed by atoms with Gasteiger partial charge in [0.25, 0.3) is 0 Å². The van der Waals surface area contributed by atoms with Crippen LogP contribution in [0, 0.1) is 0 Å². The Hall–Kier alpha value is -0.830. The Bertz CT molecular complexity index is 197. The number of carbonyl (C=O) groups is 1. The maximum Gasteiger partial charge on any atom is 0.332 e. The van der Waals surface area contributed by atoms with Gasteiger partial charge in [-0.05, 0) is 19.5 Å². The largest absolute Gasteiger partial charge is 0.478 e. The maximum atomic E-state index is 10.8. The monoisotopic (exact) mass is 199 g/mol. The molecule has 0 radical (unpaired) electrons. The van der Waals surface area contributed by atoms with Gasteiger partial charge >= 0.3 is 5.97 Å². The minimum atomic E-state index is -0.879. The maximum absolute atomic E-state index is 10.8. The molecule has 82 valence electrons. The van der Waals surface area contributed by atoms with Crippen LogP contribution in [0.15, 0.2) is 12.2 Å². The summed E-state index contributed by atoms with van der Waals surface area (Å²) in [6, 6.07) is -0.00694. The zero-order valence-electron chi connectivity index (χ0n) is 9.42. The lowest BCUT2D eigenvalue weighted by Gasteiger charge is -2.29. The first-order valence-electron chi connectivity index (χ1n) is 5.24. The molecule has 3 nitrogen and oxygen atoms in total. The number of nitrogens with zero attached hydrogens (tertiary/aromatic N) is 1. The third kappa shape index (κ3) is 3.50. The molecule has 0 aliphatic carbocycles. The number of aliphatic carboxylic acids is 1. The molecule has 0 fully saturated rings. The average molecular weight is 199 g/mol. The van der Waals surface area contributed by atoms with Crippen LogP contribution < -0.4 is 0 Å². The smallest absolute Gasteiger partial charge is 0.332 e. The van der Waals surface area contributed by atoms with Gasteiger partial charge in [0.05, 0.1) is 0 Å². The molecule has 0 amide bonds. The number of rotatable bonds is 7. The molecule has 3 heteroatoms. The number of hydrogen-bond acceptors (Lipinski definition) is 2. The third-order valence-electron chi connectivity index (χ3n) is 2.49. The molecule has 0 aliphatic heterocycles. The molecule has 0 aromatic rings. The highest BCUT2D eigenvalue weighted by molar-refractivity contribution is 5.87. The fourth-order valence-corrected chi connectivity index (χ4v) is 1.66. The van der Waals surface area contributed by atoms with E-state index in [1.54, 1.807) is 0 Å². The van der Waals surface area contributed by atoms with Crippen LogP contribution >= 0.6 is 0 Å². The standard InChI is InChI=1S/C11H21NO2/c1-5-8-10(9(4)11(13)14)12(6-2)7-3/h10H,4-8H2,1-3H3,(H,13,14). The van der Waals surface area contributed by atoms with Gasteiger partial charge in [0.1, 0.15) is 0 Å². The highest BCUT2D eigenvalue weighted by atomic mass is 16.4. The lowest BCUT2D eigenvalue weighted by atomic mass is 10.0. The van der Waals surface area contributed by atoms with Crippen molar-refractivity contribution in [3.05, 3.63) is 12.2 Å². The van der Waals surface area contributed by atoms with E-state index in [4.69, 9.17) is 5.11 Å². The summed E-state index contributed by atoms with van der Waals surface area (Å²) in [5.74, 6) is -0.879. The fourth-order valence-electron chi connectivity index (χ4n) is 1.66. The van der Waals surface area contributed by atoms with Crippen LogP contribution in [0.5, 0.6) is 0 Å². The van der Waals surface area contributed by atoms with Gasteiger partial charge < -0.3 is 5.11 Å². The molecule has 0 saturated carbocycles. The number of carboxylic acid groups (broad SMARTS) is 1. The van der Waals surface area contributed by atoms with Crippen LogP contribution in [0.4, 0.5) is 0 Å². The molecule has 1 atom stereocenters. The van der Waals surface area contributed by atoms with Gasteiger partial charge in [0.15, 0.2) is 0 Å². The van der Waals surface area contributed by atoms with Crippen molar-refractivity contribution in [3.63, 3.8) is 0 Å². The molecule has 1 N–H and O–H groups in total. The summed E-state index contributed by atoms with van der Waals surface area (Å²) >= 11 is 0. The Morgan fingerprint density at radius 3 is 2.14 bits per heavy atom. The zero-order valence-corrected chi connectivity index (χ0v) is 9.42. The van der Waals surface area contributed by atoms with Crippen LogP contribution in [0.1, 0.15) is 33.6 Å². The van der Waals surface area contributed by atoms with Crippen molar-refractivity contribution < 1.29 is 9.90 Å². The highest BCUT2D eigenvalue weighted by Gasteiger charge is 2.22. The van der Waals surface area contributed by atoms with E-state index in [1.807, 2.05) is 13.8 Å². The topological polar surface area (TPSA) is 40.5 Å². The zero-order chi connectivity index (χ0) is 11.1. The van der Waals surface area contributed by atoms with Crippen molar-refractivity contribution in [3.8, 4) is 0 Å². The molecule has 0 aromatic carbocycles. The summed E-state index contributed by atoms with van der Waals surface area (Å²) in [7, 11) is 0. The van der Waals surface area contributed by atoms with Crippen LogP contribution in [-0.2, 0) is 4.79 Å². The summed E-state index contributed by atoms with van der Waals surface area (Å²) in [6.45, 7) is 11.5. The fraction of sp³-hybridized carbons (Fsp3) is 0.727. The number of hydrogen-bond donors (Lipinski definition) is 1. The lowest BCUT2D eigenvalue weighted by molar-refractivity contribution is -0.133. The normalized spacial score (nSPS) is 12.9. The van der Waals surface area contributed by atoms with E-state index in [9.17, 15) is 4.79 Å². The van der Waals surface area contributed by atoms with E-state index < -0.39 is 5.97 Å². The van der Waals surface area contributed by atoms with Crippen LogP contribution in [0.25, 0.3) is 0 Å². The van der Waals surface area contributed by atoms with E-state index in [1.165, 1.54) is 0 Å². The van der Waals surface area contributed by atoms with Crippen molar-refractivity contribution in [2.45, 2.75) is 39.7 Å². The summed E-state index contributed by atoms with van der Waals surface area (Å²) < 4.78 is 0. The Labute approximate surface area is 86.4 Å². The van der Waals surface area contributed by atoms with Gasteiger partial charge in [-0.1, -0.05) is 33.8 Å². The minimum absolute atomic E-state index is 0.00694. The van der Waals surface area contributed by atoms with Crippen molar-refractivity contribution in [1.82, 2.24) is 4.90 Å². The van der Waals surface area contributed by atoms with Crippen molar-refractivity contribution in [2.24, 2.45) is 0 Å². The van der Waals surface area contributed by atoms with Crippen LogP contribution in [-0.4, -0.2) is 35.1 Å². The van der Waals surface area contributed by atoms with Crippen LogP contribution in [0.2, 0.25) is 0 Å². The first kappa shape index (κ1) is 13.2. The SMILES string of the molecule is C=C(C(=O)O)C(CCC)N(CC)CC. The van der Waals surface area contributed by atoms with Gasteiger partial charge in [-0.15, -0.1) is 0 Å². The predicted molar refractivity (Wildman–Crippen MR) is 58.4 cm³/mol. The second-order valence-electron chi connectivity index (χ2n) is 3.36. The summed E-state index contributed by atoms with van der Waals surface area (Å²) in [4.78, 5) is 13.0. The van der Waals surface area contributed by atoms with Crippen molar-refractivity contribution >= 4 is 5.97 Å². The number of likely N-dealkylation sites (N-methyl/N-ethyl adjacent to an activating group) is 1. The highest BCUT2D eigenvalue weighted by Crippen LogP contribution is 2.14. The molecule has 0 aliphatic rings. The van der Waals surface area contributed by atoms with Gasteiger partial charge in [-0.3, -0.25) is 4.90 Å². The Balaban J connectivity index is 4.55. The summed E-state index contributed by atoms with van der Waals surface area (Å²) in [5.41, 5.74) is 0.315. The molecule has 0 bridgehead atoms. The second-order valence-corrected chi connectivity index (χ2v) is 3.36. The molecular formula is C11H21NO2. The molecular weight excluding hydrogens is 178 g/mol. The van der Waals surface area contributed by atoms with Crippen molar-refractivity contribution in [1.29, 1.82) is 0 Å².